The molecule has 0 bridgehead atoms. The fourth-order valence-corrected chi connectivity index (χ4v) is 2.68. The molecule has 0 radical (unpaired) electrons. The molecule has 0 spiro atoms. The van der Waals surface area contributed by atoms with E-state index < -0.39 is 5.60 Å². The summed E-state index contributed by atoms with van der Waals surface area (Å²) >= 11 is 0. The summed E-state index contributed by atoms with van der Waals surface area (Å²) in [6, 6.07) is 2.15. The van der Waals surface area contributed by atoms with Crippen molar-refractivity contribution in [3.05, 3.63) is 0 Å². The molecule has 0 aromatic rings. The van der Waals surface area contributed by atoms with Gasteiger partial charge in [-0.25, -0.2) is 4.79 Å². The third kappa shape index (κ3) is 6.23. The zero-order valence-corrected chi connectivity index (χ0v) is 14.5. The molecule has 1 rings (SSSR count). The lowest BCUT2D eigenvalue weighted by Crippen LogP contribution is -2.52. The standard InChI is InChI=1S/C17H30N2O3/c1-5-17(21-13-8-6-7-11-18)10-9-12-19(14-17)15(20)22-16(2,3)4/h5-10,12-14H2,1-4H3. The van der Waals surface area contributed by atoms with E-state index in [1.54, 1.807) is 4.90 Å². The molecule has 1 saturated heterocycles. The summed E-state index contributed by atoms with van der Waals surface area (Å²) in [4.78, 5) is 14.0. The van der Waals surface area contributed by atoms with Gasteiger partial charge in [-0.3, -0.25) is 0 Å². The number of rotatable bonds is 6. The van der Waals surface area contributed by atoms with Crippen LogP contribution >= 0.6 is 0 Å². The van der Waals surface area contributed by atoms with Gasteiger partial charge in [-0.15, -0.1) is 0 Å². The van der Waals surface area contributed by atoms with E-state index in [1.165, 1.54) is 0 Å². The average molecular weight is 310 g/mol. The molecule has 1 heterocycles. The Morgan fingerprint density at radius 1 is 1.36 bits per heavy atom. The molecule has 126 valence electrons. The van der Waals surface area contributed by atoms with Crippen LogP contribution in [0.2, 0.25) is 0 Å². The largest absolute Gasteiger partial charge is 0.444 e. The van der Waals surface area contributed by atoms with Gasteiger partial charge in [0.15, 0.2) is 0 Å². The Kier molecular flexibility index (Phi) is 7.15. The average Bonchev–Trinajstić information content (AvgIpc) is 2.45. The van der Waals surface area contributed by atoms with Gasteiger partial charge in [-0.2, -0.15) is 5.26 Å². The summed E-state index contributed by atoms with van der Waals surface area (Å²) in [5, 5.41) is 8.55. The molecule has 0 saturated carbocycles. The maximum absolute atomic E-state index is 12.2. The van der Waals surface area contributed by atoms with Crippen LogP contribution in [0.5, 0.6) is 0 Å². The molecule has 0 aromatic carbocycles. The first-order chi connectivity index (χ1) is 10.3. The number of carbonyl (C=O) groups excluding carboxylic acids is 1. The van der Waals surface area contributed by atoms with E-state index in [-0.39, 0.29) is 11.7 Å². The third-order valence-electron chi connectivity index (χ3n) is 3.93. The van der Waals surface area contributed by atoms with Crippen molar-refractivity contribution in [2.75, 3.05) is 19.7 Å². The number of ether oxygens (including phenoxy) is 2. The highest BCUT2D eigenvalue weighted by Crippen LogP contribution is 2.29. The minimum absolute atomic E-state index is 0.252. The molecular weight excluding hydrogens is 280 g/mol. The van der Waals surface area contributed by atoms with E-state index in [2.05, 4.69) is 13.0 Å². The molecule has 1 aliphatic rings. The van der Waals surface area contributed by atoms with Crippen molar-refractivity contribution in [3.63, 3.8) is 0 Å². The summed E-state index contributed by atoms with van der Waals surface area (Å²) in [7, 11) is 0. The zero-order chi connectivity index (χ0) is 16.6. The SMILES string of the molecule is CCC1(OCCCCC#N)CCCN(C(=O)OC(C)(C)C)C1. The van der Waals surface area contributed by atoms with E-state index in [1.807, 2.05) is 20.8 Å². The minimum atomic E-state index is -0.471. The molecule has 1 unspecified atom stereocenters. The first-order valence-corrected chi connectivity index (χ1v) is 8.31. The number of unbranched alkanes of at least 4 members (excludes halogenated alkanes) is 2. The predicted molar refractivity (Wildman–Crippen MR) is 85.5 cm³/mol. The lowest BCUT2D eigenvalue weighted by Gasteiger charge is -2.42. The molecule has 5 heteroatoms. The highest BCUT2D eigenvalue weighted by atomic mass is 16.6. The van der Waals surface area contributed by atoms with Gasteiger partial charge in [0.25, 0.3) is 0 Å². The number of nitriles is 1. The van der Waals surface area contributed by atoms with Gasteiger partial charge in [0, 0.05) is 19.6 Å². The Morgan fingerprint density at radius 2 is 2.09 bits per heavy atom. The number of carbonyl (C=O) groups is 1. The molecule has 0 aliphatic carbocycles. The van der Waals surface area contributed by atoms with Crippen molar-refractivity contribution in [3.8, 4) is 6.07 Å². The Balaban J connectivity index is 2.53. The molecular formula is C17H30N2O3. The molecule has 1 aliphatic heterocycles. The fourth-order valence-electron chi connectivity index (χ4n) is 2.68. The van der Waals surface area contributed by atoms with Crippen LogP contribution in [0.3, 0.4) is 0 Å². The summed E-state index contributed by atoms with van der Waals surface area (Å²) in [5.41, 5.74) is -0.733. The minimum Gasteiger partial charge on any atom is -0.444 e. The molecule has 1 amide bonds. The summed E-state index contributed by atoms with van der Waals surface area (Å²) in [5.74, 6) is 0. The molecule has 1 fully saturated rings. The smallest absolute Gasteiger partial charge is 0.410 e. The quantitative estimate of drug-likeness (QED) is 0.698. The van der Waals surface area contributed by atoms with Gasteiger partial charge in [0.1, 0.15) is 5.60 Å². The van der Waals surface area contributed by atoms with Crippen molar-refractivity contribution < 1.29 is 14.3 Å². The Labute approximate surface area is 134 Å². The van der Waals surface area contributed by atoms with Crippen LogP contribution in [-0.2, 0) is 9.47 Å². The first-order valence-electron chi connectivity index (χ1n) is 8.31. The highest BCUT2D eigenvalue weighted by molar-refractivity contribution is 5.68. The van der Waals surface area contributed by atoms with E-state index >= 15 is 0 Å². The number of likely N-dealkylation sites (tertiary alicyclic amines) is 1. The highest BCUT2D eigenvalue weighted by Gasteiger charge is 2.37. The second-order valence-corrected chi connectivity index (χ2v) is 7.01. The second kappa shape index (κ2) is 8.38. The van der Waals surface area contributed by atoms with Crippen LogP contribution in [0.4, 0.5) is 4.79 Å². The predicted octanol–water partition coefficient (Wildman–Crippen LogP) is 3.88. The van der Waals surface area contributed by atoms with Gasteiger partial charge < -0.3 is 14.4 Å². The van der Waals surface area contributed by atoms with Crippen LogP contribution in [0.15, 0.2) is 0 Å². The van der Waals surface area contributed by atoms with Crippen molar-refractivity contribution in [2.24, 2.45) is 0 Å². The monoisotopic (exact) mass is 310 g/mol. The van der Waals surface area contributed by atoms with Crippen LogP contribution in [0.1, 0.15) is 66.2 Å². The lowest BCUT2D eigenvalue weighted by atomic mass is 9.90. The maximum Gasteiger partial charge on any atom is 0.410 e. The van der Waals surface area contributed by atoms with Gasteiger partial charge >= 0.3 is 6.09 Å². The lowest BCUT2D eigenvalue weighted by molar-refractivity contribution is -0.0940. The zero-order valence-electron chi connectivity index (χ0n) is 14.5. The molecule has 1 atom stereocenters. The van der Waals surface area contributed by atoms with Crippen LogP contribution in [0, 0.1) is 11.3 Å². The van der Waals surface area contributed by atoms with Crippen molar-refractivity contribution in [1.29, 1.82) is 5.26 Å². The van der Waals surface area contributed by atoms with Gasteiger partial charge in [0.2, 0.25) is 0 Å². The van der Waals surface area contributed by atoms with Crippen molar-refractivity contribution in [1.82, 2.24) is 4.90 Å². The van der Waals surface area contributed by atoms with E-state index in [4.69, 9.17) is 14.7 Å². The number of nitrogens with zero attached hydrogens (tertiary/aromatic N) is 2. The van der Waals surface area contributed by atoms with Gasteiger partial charge in [-0.05, 0) is 52.9 Å². The van der Waals surface area contributed by atoms with Crippen molar-refractivity contribution >= 4 is 6.09 Å². The number of amides is 1. The topological polar surface area (TPSA) is 62.6 Å². The fraction of sp³-hybridized carbons (Fsp3) is 0.882. The second-order valence-electron chi connectivity index (χ2n) is 7.01. The van der Waals surface area contributed by atoms with E-state index in [0.29, 0.717) is 19.6 Å². The molecule has 0 aromatic heterocycles. The summed E-state index contributed by atoms with van der Waals surface area (Å²) in [6.45, 7) is 9.73. The van der Waals surface area contributed by atoms with Crippen molar-refractivity contribution in [2.45, 2.75) is 77.4 Å². The summed E-state index contributed by atoms with van der Waals surface area (Å²) in [6.07, 6.45) is 4.87. The normalized spacial score (nSPS) is 22.2. The van der Waals surface area contributed by atoms with Crippen LogP contribution in [-0.4, -0.2) is 41.9 Å². The molecule has 0 N–H and O–H groups in total. The maximum atomic E-state index is 12.2. The van der Waals surface area contributed by atoms with E-state index in [9.17, 15) is 4.79 Å². The van der Waals surface area contributed by atoms with Crippen LogP contribution in [0.25, 0.3) is 0 Å². The first kappa shape index (κ1) is 18.8. The van der Waals surface area contributed by atoms with E-state index in [0.717, 1.165) is 38.6 Å². The Morgan fingerprint density at radius 3 is 2.68 bits per heavy atom. The Bertz CT molecular complexity index is 398. The van der Waals surface area contributed by atoms with Gasteiger partial charge in [-0.1, -0.05) is 6.92 Å². The number of piperidine rings is 1. The van der Waals surface area contributed by atoms with Gasteiger partial charge in [0.05, 0.1) is 18.2 Å². The molecule has 22 heavy (non-hydrogen) atoms. The number of hydrogen-bond donors (Lipinski definition) is 0. The Hall–Kier alpha value is -1.28. The third-order valence-corrected chi connectivity index (χ3v) is 3.93. The van der Waals surface area contributed by atoms with Crippen LogP contribution < -0.4 is 0 Å². The number of hydrogen-bond acceptors (Lipinski definition) is 4. The molecule has 5 nitrogen and oxygen atoms in total. The summed E-state index contributed by atoms with van der Waals surface area (Å²) < 4.78 is 11.6.